The van der Waals surface area contributed by atoms with E-state index in [0.29, 0.717) is 0 Å². The van der Waals surface area contributed by atoms with E-state index in [4.69, 9.17) is 4.42 Å². The highest BCUT2D eigenvalue weighted by molar-refractivity contribution is 5.54. The number of pyridine rings is 1. The standard InChI is InChI=1S/C9H6NO/c1-3-8(7-10-5-1)9-4-2-6-11-9/h1-6H. The Morgan fingerprint density at radius 1 is 1.27 bits per heavy atom. The molecular weight excluding hydrogens is 138 g/mol. The molecule has 0 saturated carbocycles. The molecule has 2 aromatic heterocycles. The fraction of sp³-hybridized carbons (Fsp3) is 0. The van der Waals surface area contributed by atoms with E-state index in [1.165, 1.54) is 0 Å². The van der Waals surface area contributed by atoms with Crippen molar-refractivity contribution in [1.82, 2.24) is 4.98 Å². The summed E-state index contributed by atoms with van der Waals surface area (Å²) in [6.45, 7) is 0. The third-order valence-corrected chi connectivity index (χ3v) is 1.40. The van der Waals surface area contributed by atoms with Crippen LogP contribution in [0.3, 0.4) is 0 Å². The lowest BCUT2D eigenvalue weighted by Gasteiger charge is -1.90. The van der Waals surface area contributed by atoms with Gasteiger partial charge in [0.2, 0.25) is 0 Å². The van der Waals surface area contributed by atoms with Crippen molar-refractivity contribution >= 4 is 0 Å². The van der Waals surface area contributed by atoms with Gasteiger partial charge < -0.3 is 4.42 Å². The van der Waals surface area contributed by atoms with Crippen LogP contribution >= 0.6 is 0 Å². The lowest BCUT2D eigenvalue weighted by atomic mass is 10.2. The van der Waals surface area contributed by atoms with Crippen molar-refractivity contribution in [3.05, 3.63) is 42.9 Å². The normalized spacial score (nSPS) is 9.82. The Hall–Kier alpha value is -1.57. The predicted octanol–water partition coefficient (Wildman–Crippen LogP) is 2.14. The van der Waals surface area contributed by atoms with Gasteiger partial charge in [-0.1, -0.05) is 0 Å². The second kappa shape index (κ2) is 2.58. The monoisotopic (exact) mass is 144 g/mol. The molecule has 0 saturated heterocycles. The summed E-state index contributed by atoms with van der Waals surface area (Å²) in [7, 11) is 0. The van der Waals surface area contributed by atoms with Crippen molar-refractivity contribution in [2.24, 2.45) is 0 Å². The molecule has 0 bridgehead atoms. The molecule has 1 radical (unpaired) electrons. The van der Waals surface area contributed by atoms with Gasteiger partial charge in [-0.05, 0) is 24.3 Å². The van der Waals surface area contributed by atoms with E-state index in [-0.39, 0.29) is 0 Å². The molecule has 0 aliphatic rings. The van der Waals surface area contributed by atoms with Crippen LogP contribution in [0.25, 0.3) is 11.3 Å². The lowest BCUT2D eigenvalue weighted by molar-refractivity contribution is 0.582. The predicted molar refractivity (Wildman–Crippen MR) is 40.8 cm³/mol. The minimum atomic E-state index is 0.804. The molecule has 2 nitrogen and oxygen atoms in total. The largest absolute Gasteiger partial charge is 0.464 e. The van der Waals surface area contributed by atoms with Gasteiger partial charge in [-0.2, -0.15) is 0 Å². The smallest absolute Gasteiger partial charge is 0.136 e. The molecule has 2 heterocycles. The van der Waals surface area contributed by atoms with E-state index < -0.39 is 0 Å². The number of furan rings is 1. The minimum Gasteiger partial charge on any atom is -0.464 e. The molecule has 0 unspecified atom stereocenters. The maximum Gasteiger partial charge on any atom is 0.136 e. The highest BCUT2D eigenvalue weighted by Gasteiger charge is 1.97. The van der Waals surface area contributed by atoms with Crippen molar-refractivity contribution in [3.8, 4) is 11.3 Å². The number of nitrogens with zero attached hydrogens (tertiary/aromatic N) is 1. The van der Waals surface area contributed by atoms with E-state index in [1.54, 1.807) is 12.5 Å². The van der Waals surface area contributed by atoms with Gasteiger partial charge in [0.25, 0.3) is 0 Å². The van der Waals surface area contributed by atoms with Gasteiger partial charge in [0, 0.05) is 11.8 Å². The number of aromatic nitrogens is 1. The first kappa shape index (κ1) is 6.16. The Balaban J connectivity index is 2.46. The molecular formula is C9H6NO. The zero-order valence-electron chi connectivity index (χ0n) is 5.82. The van der Waals surface area contributed by atoms with E-state index >= 15 is 0 Å². The van der Waals surface area contributed by atoms with Gasteiger partial charge in [0.15, 0.2) is 0 Å². The zero-order valence-corrected chi connectivity index (χ0v) is 5.82. The number of rotatable bonds is 1. The van der Waals surface area contributed by atoms with E-state index in [0.717, 1.165) is 11.3 Å². The highest BCUT2D eigenvalue weighted by Crippen LogP contribution is 2.16. The summed E-state index contributed by atoms with van der Waals surface area (Å²) in [5.41, 5.74) is 0.887. The van der Waals surface area contributed by atoms with E-state index in [2.05, 4.69) is 11.2 Å². The van der Waals surface area contributed by atoms with Crippen molar-refractivity contribution in [3.63, 3.8) is 0 Å². The molecule has 0 atom stereocenters. The molecule has 0 spiro atoms. The quantitative estimate of drug-likeness (QED) is 0.612. The Kier molecular flexibility index (Phi) is 1.44. The maximum atomic E-state index is 5.15. The second-order valence-corrected chi connectivity index (χ2v) is 2.14. The Labute approximate surface area is 64.5 Å². The first-order chi connectivity index (χ1) is 5.47. The van der Waals surface area contributed by atoms with Crippen LogP contribution in [0, 0.1) is 6.20 Å². The van der Waals surface area contributed by atoms with E-state index in [9.17, 15) is 0 Å². The molecule has 2 aromatic rings. The van der Waals surface area contributed by atoms with Crippen LogP contribution in [0.2, 0.25) is 0 Å². The van der Waals surface area contributed by atoms with Gasteiger partial charge in [0.1, 0.15) is 12.0 Å². The molecule has 0 aromatic carbocycles. The number of hydrogen-bond acceptors (Lipinski definition) is 2. The summed E-state index contributed by atoms with van der Waals surface area (Å²) >= 11 is 0. The fourth-order valence-electron chi connectivity index (χ4n) is 0.895. The summed E-state index contributed by atoms with van der Waals surface area (Å²) in [6.07, 6.45) is 6.15. The van der Waals surface area contributed by atoms with Crippen LogP contribution in [0.15, 0.2) is 41.1 Å². The van der Waals surface area contributed by atoms with Gasteiger partial charge in [-0.15, -0.1) is 0 Å². The average Bonchev–Trinajstić information content (AvgIpc) is 2.58. The van der Waals surface area contributed by atoms with Crippen LogP contribution < -0.4 is 0 Å². The summed E-state index contributed by atoms with van der Waals surface area (Å²) in [5, 5.41) is 0. The molecule has 0 aliphatic heterocycles. The Bertz CT molecular complexity index is 313. The van der Waals surface area contributed by atoms with Gasteiger partial charge in [-0.25, -0.2) is 0 Å². The van der Waals surface area contributed by atoms with Crippen molar-refractivity contribution < 1.29 is 4.42 Å². The topological polar surface area (TPSA) is 26.0 Å². The van der Waals surface area contributed by atoms with Crippen molar-refractivity contribution in [1.29, 1.82) is 0 Å². The van der Waals surface area contributed by atoms with Crippen LogP contribution in [0.5, 0.6) is 0 Å². The molecule has 2 heteroatoms. The molecule has 0 fully saturated rings. The zero-order chi connectivity index (χ0) is 7.52. The lowest BCUT2D eigenvalue weighted by Crippen LogP contribution is -1.74. The molecule has 2 rings (SSSR count). The van der Waals surface area contributed by atoms with Crippen LogP contribution in [-0.4, -0.2) is 4.98 Å². The molecule has 0 amide bonds. The van der Waals surface area contributed by atoms with Crippen LogP contribution in [0.4, 0.5) is 0 Å². The third kappa shape index (κ3) is 1.15. The van der Waals surface area contributed by atoms with Crippen LogP contribution in [0.1, 0.15) is 0 Å². The Morgan fingerprint density at radius 2 is 2.27 bits per heavy atom. The first-order valence-electron chi connectivity index (χ1n) is 3.33. The first-order valence-corrected chi connectivity index (χ1v) is 3.33. The maximum absolute atomic E-state index is 5.15. The highest BCUT2D eigenvalue weighted by atomic mass is 16.3. The third-order valence-electron chi connectivity index (χ3n) is 1.40. The summed E-state index contributed by atoms with van der Waals surface area (Å²) < 4.78 is 5.15. The minimum absolute atomic E-state index is 0.804. The fourth-order valence-corrected chi connectivity index (χ4v) is 0.895. The second-order valence-electron chi connectivity index (χ2n) is 2.14. The SMILES string of the molecule is [c]1ncccc1-c1ccco1. The van der Waals surface area contributed by atoms with Gasteiger partial charge in [0.05, 0.1) is 6.26 Å². The number of hydrogen-bond donors (Lipinski definition) is 0. The average molecular weight is 144 g/mol. The Morgan fingerprint density at radius 3 is 2.91 bits per heavy atom. The van der Waals surface area contributed by atoms with Crippen molar-refractivity contribution in [2.75, 3.05) is 0 Å². The van der Waals surface area contributed by atoms with Gasteiger partial charge >= 0.3 is 0 Å². The summed E-state index contributed by atoms with van der Waals surface area (Å²) in [4.78, 5) is 3.86. The molecule has 0 N–H and O–H groups in total. The van der Waals surface area contributed by atoms with Crippen molar-refractivity contribution in [2.45, 2.75) is 0 Å². The van der Waals surface area contributed by atoms with Crippen LogP contribution in [-0.2, 0) is 0 Å². The molecule has 53 valence electrons. The molecule has 11 heavy (non-hydrogen) atoms. The summed E-state index contributed by atoms with van der Waals surface area (Å²) in [5.74, 6) is 0.804. The van der Waals surface area contributed by atoms with E-state index in [1.807, 2.05) is 24.3 Å². The molecule has 0 aliphatic carbocycles. The summed E-state index contributed by atoms with van der Waals surface area (Å²) in [6, 6.07) is 7.49. The van der Waals surface area contributed by atoms with Gasteiger partial charge in [-0.3, -0.25) is 4.98 Å².